The van der Waals surface area contributed by atoms with Crippen LogP contribution in [0.15, 0.2) is 48.8 Å². The Morgan fingerprint density at radius 2 is 1.58 bits per heavy atom. The van der Waals surface area contributed by atoms with Gasteiger partial charge in [0, 0.05) is 25.5 Å². The summed E-state index contributed by atoms with van der Waals surface area (Å²) in [5, 5.41) is 3.41. The van der Waals surface area contributed by atoms with Gasteiger partial charge in [0.15, 0.2) is 0 Å². The molecule has 1 heterocycles. The average Bonchev–Trinajstić information content (AvgIpc) is 2.47. The van der Waals surface area contributed by atoms with E-state index in [4.69, 9.17) is 4.74 Å². The Kier molecular flexibility index (Phi) is 5.38. The van der Waals surface area contributed by atoms with Crippen LogP contribution in [0.3, 0.4) is 0 Å². The lowest BCUT2D eigenvalue weighted by Gasteiger charge is -2.07. The van der Waals surface area contributed by atoms with E-state index in [9.17, 15) is 0 Å². The van der Waals surface area contributed by atoms with Crippen molar-refractivity contribution in [2.45, 2.75) is 26.4 Å². The molecule has 0 aliphatic heterocycles. The maximum Gasteiger partial charge on any atom is 0.119 e. The lowest BCUT2D eigenvalue weighted by molar-refractivity contribution is 0.317. The van der Waals surface area contributed by atoms with Crippen LogP contribution in [0.5, 0.6) is 5.75 Å². The fourth-order valence-corrected chi connectivity index (χ4v) is 1.78. The third-order valence-corrected chi connectivity index (χ3v) is 2.80. The van der Waals surface area contributed by atoms with Crippen molar-refractivity contribution < 1.29 is 4.74 Å². The first-order valence-corrected chi connectivity index (χ1v) is 6.70. The molecule has 0 spiro atoms. The van der Waals surface area contributed by atoms with E-state index in [1.807, 2.05) is 36.7 Å². The van der Waals surface area contributed by atoms with Gasteiger partial charge >= 0.3 is 0 Å². The van der Waals surface area contributed by atoms with E-state index in [2.05, 4.69) is 29.4 Å². The van der Waals surface area contributed by atoms with Crippen LogP contribution in [0, 0.1) is 0 Å². The third kappa shape index (κ3) is 4.72. The summed E-state index contributed by atoms with van der Waals surface area (Å²) in [4.78, 5) is 4.00. The molecule has 0 atom stereocenters. The minimum Gasteiger partial charge on any atom is -0.494 e. The quantitative estimate of drug-likeness (QED) is 0.826. The molecular formula is C16H20N2O. The molecule has 0 aliphatic rings. The predicted octanol–water partition coefficient (Wildman–Crippen LogP) is 3.16. The van der Waals surface area contributed by atoms with Gasteiger partial charge < -0.3 is 10.1 Å². The Morgan fingerprint density at radius 3 is 2.21 bits per heavy atom. The van der Waals surface area contributed by atoms with E-state index < -0.39 is 0 Å². The molecule has 3 heteroatoms. The molecule has 19 heavy (non-hydrogen) atoms. The van der Waals surface area contributed by atoms with Crippen LogP contribution in [0.25, 0.3) is 0 Å². The molecule has 2 aromatic rings. The summed E-state index contributed by atoms with van der Waals surface area (Å²) in [5.41, 5.74) is 2.51. The molecule has 0 radical (unpaired) electrons. The second-order valence-electron chi connectivity index (χ2n) is 4.45. The monoisotopic (exact) mass is 256 g/mol. The number of aromatic nitrogens is 1. The van der Waals surface area contributed by atoms with Crippen molar-refractivity contribution >= 4 is 0 Å². The average molecular weight is 256 g/mol. The second kappa shape index (κ2) is 7.54. The van der Waals surface area contributed by atoms with Crippen molar-refractivity contribution in [3.63, 3.8) is 0 Å². The number of nitrogens with one attached hydrogen (secondary N) is 1. The minimum absolute atomic E-state index is 0.777. The standard InChI is InChI=1S/C16H20N2O/c1-2-11-19-16-5-3-14(4-6-16)12-18-13-15-7-9-17-10-8-15/h3-10,18H,2,11-13H2,1H3. The normalized spacial score (nSPS) is 10.4. The van der Waals surface area contributed by atoms with E-state index in [0.717, 1.165) is 31.9 Å². The van der Waals surface area contributed by atoms with Gasteiger partial charge in [0.05, 0.1) is 6.61 Å². The fourth-order valence-electron chi connectivity index (χ4n) is 1.78. The molecule has 0 saturated heterocycles. The number of nitrogens with zero attached hydrogens (tertiary/aromatic N) is 1. The number of benzene rings is 1. The molecule has 1 N–H and O–H groups in total. The molecule has 0 unspecified atom stereocenters. The third-order valence-electron chi connectivity index (χ3n) is 2.80. The molecular weight excluding hydrogens is 236 g/mol. The Balaban J connectivity index is 1.77. The first-order valence-electron chi connectivity index (χ1n) is 6.70. The lowest BCUT2D eigenvalue weighted by Crippen LogP contribution is -2.12. The highest BCUT2D eigenvalue weighted by molar-refractivity contribution is 5.27. The van der Waals surface area contributed by atoms with Crippen molar-refractivity contribution in [1.29, 1.82) is 0 Å². The molecule has 1 aromatic carbocycles. The number of rotatable bonds is 7. The van der Waals surface area contributed by atoms with Crippen LogP contribution >= 0.6 is 0 Å². The zero-order valence-corrected chi connectivity index (χ0v) is 11.3. The zero-order valence-electron chi connectivity index (χ0n) is 11.3. The van der Waals surface area contributed by atoms with Crippen molar-refractivity contribution in [1.82, 2.24) is 10.3 Å². The SMILES string of the molecule is CCCOc1ccc(CNCc2ccncc2)cc1. The van der Waals surface area contributed by atoms with Crippen LogP contribution < -0.4 is 10.1 Å². The summed E-state index contributed by atoms with van der Waals surface area (Å²) in [7, 11) is 0. The summed E-state index contributed by atoms with van der Waals surface area (Å²) < 4.78 is 5.56. The van der Waals surface area contributed by atoms with Crippen LogP contribution in [0.4, 0.5) is 0 Å². The van der Waals surface area contributed by atoms with E-state index in [0.29, 0.717) is 0 Å². The summed E-state index contributed by atoms with van der Waals surface area (Å²) in [6.45, 7) is 4.60. The van der Waals surface area contributed by atoms with Gasteiger partial charge in [0.2, 0.25) is 0 Å². The second-order valence-corrected chi connectivity index (χ2v) is 4.45. The van der Waals surface area contributed by atoms with Crippen molar-refractivity contribution in [2.75, 3.05) is 6.61 Å². The highest BCUT2D eigenvalue weighted by Gasteiger charge is 1.96. The van der Waals surface area contributed by atoms with Gasteiger partial charge in [-0.15, -0.1) is 0 Å². The highest BCUT2D eigenvalue weighted by atomic mass is 16.5. The lowest BCUT2D eigenvalue weighted by atomic mass is 10.2. The Bertz CT molecular complexity index is 468. The van der Waals surface area contributed by atoms with Gasteiger partial charge in [-0.1, -0.05) is 19.1 Å². The van der Waals surface area contributed by atoms with Gasteiger partial charge in [-0.2, -0.15) is 0 Å². The molecule has 0 bridgehead atoms. The van der Waals surface area contributed by atoms with Gasteiger partial charge in [0.1, 0.15) is 5.75 Å². The molecule has 0 fully saturated rings. The minimum atomic E-state index is 0.777. The van der Waals surface area contributed by atoms with Gasteiger partial charge in [-0.25, -0.2) is 0 Å². The van der Waals surface area contributed by atoms with E-state index in [1.54, 1.807) is 0 Å². The molecule has 3 nitrogen and oxygen atoms in total. The van der Waals surface area contributed by atoms with Crippen molar-refractivity contribution in [3.8, 4) is 5.75 Å². The maximum absolute atomic E-state index is 5.56. The highest BCUT2D eigenvalue weighted by Crippen LogP contribution is 2.12. The molecule has 0 aliphatic carbocycles. The molecule has 2 rings (SSSR count). The number of pyridine rings is 1. The predicted molar refractivity (Wildman–Crippen MR) is 77.0 cm³/mol. The van der Waals surface area contributed by atoms with Crippen LogP contribution in [0.2, 0.25) is 0 Å². The van der Waals surface area contributed by atoms with E-state index in [1.165, 1.54) is 11.1 Å². The molecule has 1 aromatic heterocycles. The smallest absolute Gasteiger partial charge is 0.119 e. The zero-order chi connectivity index (χ0) is 13.3. The van der Waals surface area contributed by atoms with Crippen LogP contribution in [-0.4, -0.2) is 11.6 Å². The maximum atomic E-state index is 5.56. The topological polar surface area (TPSA) is 34.1 Å². The largest absolute Gasteiger partial charge is 0.494 e. The first-order chi connectivity index (χ1) is 9.38. The molecule has 100 valence electrons. The Morgan fingerprint density at radius 1 is 0.947 bits per heavy atom. The molecule has 0 amide bonds. The molecule has 0 saturated carbocycles. The van der Waals surface area contributed by atoms with Gasteiger partial charge in [-0.05, 0) is 41.8 Å². The van der Waals surface area contributed by atoms with Gasteiger partial charge in [0.25, 0.3) is 0 Å². The first kappa shape index (κ1) is 13.6. The summed E-state index contributed by atoms with van der Waals surface area (Å²) in [6.07, 6.45) is 4.67. The Hall–Kier alpha value is -1.87. The fraction of sp³-hybridized carbons (Fsp3) is 0.312. The Labute approximate surface area is 114 Å². The van der Waals surface area contributed by atoms with Gasteiger partial charge in [-0.3, -0.25) is 4.98 Å². The van der Waals surface area contributed by atoms with E-state index in [-0.39, 0.29) is 0 Å². The van der Waals surface area contributed by atoms with Crippen molar-refractivity contribution in [2.24, 2.45) is 0 Å². The number of hydrogen-bond donors (Lipinski definition) is 1. The van der Waals surface area contributed by atoms with Crippen molar-refractivity contribution in [3.05, 3.63) is 59.9 Å². The number of hydrogen-bond acceptors (Lipinski definition) is 3. The van der Waals surface area contributed by atoms with Crippen LogP contribution in [-0.2, 0) is 13.1 Å². The summed E-state index contributed by atoms with van der Waals surface area (Å²) in [6, 6.07) is 12.3. The summed E-state index contributed by atoms with van der Waals surface area (Å²) in [5.74, 6) is 0.944. The number of ether oxygens (including phenoxy) is 1. The van der Waals surface area contributed by atoms with Crippen LogP contribution in [0.1, 0.15) is 24.5 Å². The van der Waals surface area contributed by atoms with E-state index >= 15 is 0 Å². The summed E-state index contributed by atoms with van der Waals surface area (Å²) >= 11 is 0.